The number of piperidine rings is 1. The maximum atomic E-state index is 13.0. The molecule has 1 saturated heterocycles. The Bertz CT molecular complexity index is 1620. The van der Waals surface area contributed by atoms with Gasteiger partial charge >= 0.3 is 6.03 Å². The van der Waals surface area contributed by atoms with E-state index < -0.39 is 41.2 Å². The molecule has 0 bridgehead atoms. The summed E-state index contributed by atoms with van der Waals surface area (Å²) < 4.78 is 0. The molecule has 10 heteroatoms. The Balaban J connectivity index is 1.27. The number of benzene rings is 3. The molecule has 1 atom stereocenters. The first kappa shape index (κ1) is 26.3. The number of rotatable bonds is 5. The number of carbonyl (C=O) groups is 5. The van der Waals surface area contributed by atoms with Crippen molar-refractivity contribution in [3.8, 4) is 17.2 Å². The summed E-state index contributed by atoms with van der Waals surface area (Å²) >= 11 is 0. The van der Waals surface area contributed by atoms with Gasteiger partial charge in [-0.05, 0) is 67.3 Å². The highest BCUT2D eigenvalue weighted by Gasteiger charge is 2.44. The van der Waals surface area contributed by atoms with Gasteiger partial charge in [0.05, 0.1) is 28.3 Å². The molecule has 200 valence electrons. The van der Waals surface area contributed by atoms with Crippen LogP contribution in [0.15, 0.2) is 66.7 Å². The maximum Gasteiger partial charge on any atom is 0.319 e. The highest BCUT2D eigenvalue weighted by atomic mass is 16.2. The van der Waals surface area contributed by atoms with Crippen molar-refractivity contribution in [2.45, 2.75) is 38.3 Å². The highest BCUT2D eigenvalue weighted by molar-refractivity contribution is 6.23. The number of hydrogen-bond acceptors (Lipinski definition) is 6. The van der Waals surface area contributed by atoms with Crippen molar-refractivity contribution >= 4 is 35.3 Å². The average Bonchev–Trinajstić information content (AvgIpc) is 3.17. The minimum atomic E-state index is -1.06. The lowest BCUT2D eigenvalue weighted by Crippen LogP contribution is -2.54. The molecule has 0 aliphatic carbocycles. The Hall–Kier alpha value is -5.30. The number of carbonyl (C=O) groups excluding carboxylic acids is 5. The minimum Gasteiger partial charge on any atom is -0.329 e. The highest BCUT2D eigenvalue weighted by Crippen LogP contribution is 2.30. The van der Waals surface area contributed by atoms with E-state index in [1.54, 1.807) is 6.07 Å². The summed E-state index contributed by atoms with van der Waals surface area (Å²) in [6.07, 6.45) is 0.0929. The Kier molecular flexibility index (Phi) is 6.65. The Morgan fingerprint density at radius 2 is 1.68 bits per heavy atom. The van der Waals surface area contributed by atoms with E-state index in [9.17, 15) is 24.0 Å². The van der Waals surface area contributed by atoms with Crippen molar-refractivity contribution in [3.63, 3.8) is 0 Å². The molecule has 0 spiro atoms. The van der Waals surface area contributed by atoms with Crippen LogP contribution in [0.1, 0.15) is 58.5 Å². The third kappa shape index (κ3) is 4.92. The lowest BCUT2D eigenvalue weighted by molar-refractivity contribution is -0.136. The molecule has 0 radical (unpaired) electrons. The molecular formula is C30H25N5O5. The van der Waals surface area contributed by atoms with Gasteiger partial charge in [0.15, 0.2) is 0 Å². The van der Waals surface area contributed by atoms with E-state index in [-0.39, 0.29) is 24.0 Å². The molecule has 10 nitrogen and oxygen atoms in total. The average molecular weight is 536 g/mol. The lowest BCUT2D eigenvalue weighted by atomic mass is 9.92. The number of nitriles is 1. The van der Waals surface area contributed by atoms with Crippen LogP contribution in [-0.4, -0.2) is 40.6 Å². The molecule has 3 aromatic carbocycles. The number of nitrogens with zero attached hydrogens (tertiary/aromatic N) is 2. The van der Waals surface area contributed by atoms with Gasteiger partial charge in [0.25, 0.3) is 11.8 Å². The number of imide groups is 2. The standard InChI is InChI=1S/C30H25N5O5/c1-30(2,20-8-6-18(7-9-20)19-5-3-4-17(14-19)16-31)34-29(40)32-21-10-11-22-23(15-21)28(39)35(27(22)38)24-12-13-25(36)33-26(24)37/h3-11,14-15,24H,12-13H2,1-2H3,(H2,32,34,40)(H,33,36,37). The van der Waals surface area contributed by atoms with E-state index in [0.29, 0.717) is 11.3 Å². The fourth-order valence-corrected chi connectivity index (χ4v) is 4.91. The van der Waals surface area contributed by atoms with Crippen molar-refractivity contribution in [2.24, 2.45) is 0 Å². The van der Waals surface area contributed by atoms with Gasteiger partial charge in [0.1, 0.15) is 6.04 Å². The van der Waals surface area contributed by atoms with Crippen LogP contribution in [0.2, 0.25) is 0 Å². The predicted octanol–water partition coefficient (Wildman–Crippen LogP) is 3.68. The molecule has 2 heterocycles. The van der Waals surface area contributed by atoms with Crippen LogP contribution in [0.5, 0.6) is 0 Å². The first-order chi connectivity index (χ1) is 19.1. The van der Waals surface area contributed by atoms with Crippen LogP contribution in [0.25, 0.3) is 11.1 Å². The summed E-state index contributed by atoms with van der Waals surface area (Å²) in [6, 6.07) is 19.8. The molecule has 3 aromatic rings. The van der Waals surface area contributed by atoms with Gasteiger partial charge in [-0.2, -0.15) is 5.26 Å². The van der Waals surface area contributed by atoms with Crippen molar-refractivity contribution in [1.82, 2.24) is 15.5 Å². The van der Waals surface area contributed by atoms with E-state index in [4.69, 9.17) is 5.26 Å². The smallest absolute Gasteiger partial charge is 0.319 e. The fraction of sp³-hybridized carbons (Fsp3) is 0.200. The van der Waals surface area contributed by atoms with Crippen LogP contribution >= 0.6 is 0 Å². The molecule has 2 aliphatic heterocycles. The third-order valence-corrected chi connectivity index (χ3v) is 7.06. The van der Waals surface area contributed by atoms with E-state index in [1.165, 1.54) is 18.2 Å². The molecule has 6 amide bonds. The van der Waals surface area contributed by atoms with Gasteiger partial charge in [-0.25, -0.2) is 4.79 Å². The van der Waals surface area contributed by atoms with Crippen LogP contribution in [0.3, 0.4) is 0 Å². The normalized spacial score (nSPS) is 16.7. The largest absolute Gasteiger partial charge is 0.329 e. The van der Waals surface area contributed by atoms with Gasteiger partial charge in [0.2, 0.25) is 11.8 Å². The van der Waals surface area contributed by atoms with Crippen LogP contribution < -0.4 is 16.0 Å². The number of urea groups is 1. The van der Waals surface area contributed by atoms with Crippen LogP contribution in [0, 0.1) is 11.3 Å². The summed E-state index contributed by atoms with van der Waals surface area (Å²) in [4.78, 5) is 63.4. The second-order valence-electron chi connectivity index (χ2n) is 10.2. The van der Waals surface area contributed by atoms with Gasteiger partial charge in [0, 0.05) is 12.1 Å². The second-order valence-corrected chi connectivity index (χ2v) is 10.2. The number of amides is 6. The van der Waals surface area contributed by atoms with E-state index in [2.05, 4.69) is 22.0 Å². The molecule has 0 saturated carbocycles. The fourth-order valence-electron chi connectivity index (χ4n) is 4.91. The van der Waals surface area contributed by atoms with Crippen molar-refractivity contribution in [2.75, 3.05) is 5.32 Å². The maximum absolute atomic E-state index is 13.0. The molecule has 40 heavy (non-hydrogen) atoms. The minimum absolute atomic E-state index is 0.0314. The monoisotopic (exact) mass is 535 g/mol. The zero-order valence-electron chi connectivity index (χ0n) is 21.8. The topological polar surface area (TPSA) is 148 Å². The van der Waals surface area contributed by atoms with Crippen molar-refractivity contribution in [3.05, 3.63) is 89.0 Å². The molecule has 3 N–H and O–H groups in total. The summed E-state index contributed by atoms with van der Waals surface area (Å²) in [6.45, 7) is 3.70. The van der Waals surface area contributed by atoms with Crippen molar-refractivity contribution in [1.29, 1.82) is 5.26 Å². The van der Waals surface area contributed by atoms with Gasteiger partial charge < -0.3 is 10.6 Å². The van der Waals surface area contributed by atoms with Gasteiger partial charge in [-0.15, -0.1) is 0 Å². The van der Waals surface area contributed by atoms with E-state index >= 15 is 0 Å². The molecule has 0 aromatic heterocycles. The second kappa shape index (κ2) is 10.1. The molecule has 5 rings (SSSR count). The summed E-state index contributed by atoms with van der Waals surface area (Å²) in [5, 5.41) is 16.9. The van der Waals surface area contributed by atoms with Crippen LogP contribution in [0.4, 0.5) is 10.5 Å². The van der Waals surface area contributed by atoms with E-state index in [0.717, 1.165) is 21.6 Å². The first-order valence-corrected chi connectivity index (χ1v) is 12.6. The zero-order valence-corrected chi connectivity index (χ0v) is 21.8. The Morgan fingerprint density at radius 1 is 0.950 bits per heavy atom. The molecule has 1 fully saturated rings. The summed E-state index contributed by atoms with van der Waals surface area (Å²) in [5.74, 6) is -2.40. The number of fused-ring (bicyclic) bond motifs is 1. The summed E-state index contributed by atoms with van der Waals surface area (Å²) in [7, 11) is 0. The third-order valence-electron chi connectivity index (χ3n) is 7.06. The van der Waals surface area contributed by atoms with Gasteiger partial charge in [-0.3, -0.25) is 29.4 Å². The molecule has 1 unspecified atom stereocenters. The Morgan fingerprint density at radius 3 is 2.38 bits per heavy atom. The number of nitrogens with one attached hydrogen (secondary N) is 3. The predicted molar refractivity (Wildman–Crippen MR) is 145 cm³/mol. The van der Waals surface area contributed by atoms with Crippen molar-refractivity contribution < 1.29 is 24.0 Å². The quantitative estimate of drug-likeness (QED) is 0.425. The SMILES string of the molecule is CC(C)(NC(=O)Nc1ccc2c(c1)C(=O)N(C1CCC(=O)NC1=O)C2=O)c1ccc(-c2cccc(C#N)c2)cc1. The summed E-state index contributed by atoms with van der Waals surface area (Å²) in [5.41, 5.74) is 3.00. The first-order valence-electron chi connectivity index (χ1n) is 12.6. The van der Waals surface area contributed by atoms with E-state index in [1.807, 2.05) is 56.3 Å². The Labute approximate surface area is 230 Å². The lowest BCUT2D eigenvalue weighted by Gasteiger charge is -2.27. The molecular weight excluding hydrogens is 510 g/mol. The van der Waals surface area contributed by atoms with Gasteiger partial charge in [-0.1, -0.05) is 36.4 Å². The molecule has 2 aliphatic rings. The number of hydrogen-bond donors (Lipinski definition) is 3. The van der Waals surface area contributed by atoms with Crippen LogP contribution in [-0.2, 0) is 15.1 Å². The zero-order chi connectivity index (χ0) is 28.6. The number of anilines is 1.